The standard InChI is InChI=1S/C40H27ClO/c1-39(2)31-20-17-26(41)23-30(31)28-18-21-35-38(37(28)39)42-36-15-9-8-14-34(36)40(35)32-13-7-6-12-27(32)29-22-25(16-19-33(29)40)24-10-4-3-5-11-24/h3-23H,1-2H3. The number of hydrogen-bond donors (Lipinski definition) is 0. The zero-order valence-corrected chi connectivity index (χ0v) is 24.2. The summed E-state index contributed by atoms with van der Waals surface area (Å²) < 4.78 is 6.99. The summed E-state index contributed by atoms with van der Waals surface area (Å²) in [6, 6.07) is 46.1. The van der Waals surface area contributed by atoms with Gasteiger partial charge >= 0.3 is 0 Å². The molecular weight excluding hydrogens is 532 g/mol. The lowest BCUT2D eigenvalue weighted by molar-refractivity contribution is 0.422. The Morgan fingerprint density at radius 2 is 1.17 bits per heavy atom. The van der Waals surface area contributed by atoms with Gasteiger partial charge in [0.2, 0.25) is 0 Å². The van der Waals surface area contributed by atoms with Gasteiger partial charge < -0.3 is 4.74 Å². The first kappa shape index (κ1) is 24.1. The second kappa shape index (κ2) is 8.25. The van der Waals surface area contributed by atoms with Crippen LogP contribution in [0.3, 0.4) is 0 Å². The minimum atomic E-state index is -0.497. The van der Waals surface area contributed by atoms with Crippen LogP contribution < -0.4 is 4.74 Å². The minimum Gasteiger partial charge on any atom is -0.456 e. The Balaban J connectivity index is 1.40. The highest BCUT2D eigenvalue weighted by molar-refractivity contribution is 6.31. The fourth-order valence-electron chi connectivity index (χ4n) is 8.04. The fourth-order valence-corrected chi connectivity index (χ4v) is 8.22. The van der Waals surface area contributed by atoms with Crippen molar-refractivity contribution in [3.8, 4) is 44.9 Å². The molecule has 2 aliphatic carbocycles. The average Bonchev–Trinajstić information content (AvgIpc) is 3.43. The number of halogens is 1. The van der Waals surface area contributed by atoms with Crippen LogP contribution in [-0.2, 0) is 10.8 Å². The van der Waals surface area contributed by atoms with Crippen molar-refractivity contribution in [1.29, 1.82) is 0 Å². The lowest BCUT2D eigenvalue weighted by Gasteiger charge is -2.41. The van der Waals surface area contributed by atoms with Gasteiger partial charge in [0.25, 0.3) is 0 Å². The van der Waals surface area contributed by atoms with Gasteiger partial charge in [0.05, 0.1) is 5.41 Å². The molecule has 3 aliphatic rings. The van der Waals surface area contributed by atoms with E-state index in [4.69, 9.17) is 16.3 Å². The monoisotopic (exact) mass is 558 g/mol. The molecule has 200 valence electrons. The van der Waals surface area contributed by atoms with Crippen LogP contribution in [0.2, 0.25) is 5.02 Å². The molecule has 0 radical (unpaired) electrons. The summed E-state index contributed by atoms with van der Waals surface area (Å²) in [5.74, 6) is 1.89. The lowest BCUT2D eigenvalue weighted by Crippen LogP contribution is -2.33. The highest BCUT2D eigenvalue weighted by Gasteiger charge is 2.53. The van der Waals surface area contributed by atoms with Gasteiger partial charge in [0.1, 0.15) is 11.5 Å². The molecule has 1 spiro atoms. The summed E-state index contributed by atoms with van der Waals surface area (Å²) in [5, 5.41) is 0.755. The fraction of sp³-hybridized carbons (Fsp3) is 0.100. The molecule has 0 saturated heterocycles. The van der Waals surface area contributed by atoms with Crippen LogP contribution in [0.1, 0.15) is 47.2 Å². The van der Waals surface area contributed by atoms with Gasteiger partial charge in [-0.1, -0.05) is 129 Å². The third-order valence-electron chi connectivity index (χ3n) is 9.79. The summed E-state index contributed by atoms with van der Waals surface area (Å²) in [6.45, 7) is 4.62. The Morgan fingerprint density at radius 1 is 0.500 bits per heavy atom. The van der Waals surface area contributed by atoms with Gasteiger partial charge in [0.15, 0.2) is 0 Å². The predicted molar refractivity (Wildman–Crippen MR) is 172 cm³/mol. The predicted octanol–water partition coefficient (Wildman–Crippen LogP) is 10.8. The Morgan fingerprint density at radius 3 is 2.02 bits per heavy atom. The summed E-state index contributed by atoms with van der Waals surface area (Å²) in [7, 11) is 0. The molecule has 1 atom stereocenters. The molecule has 0 bridgehead atoms. The van der Waals surface area contributed by atoms with Crippen LogP contribution in [0.4, 0.5) is 0 Å². The molecule has 1 unspecified atom stereocenters. The van der Waals surface area contributed by atoms with Crippen molar-refractivity contribution in [2.75, 3.05) is 0 Å². The van der Waals surface area contributed by atoms with E-state index in [1.54, 1.807) is 0 Å². The number of para-hydroxylation sites is 1. The normalized spacial score (nSPS) is 17.9. The Kier molecular flexibility index (Phi) is 4.72. The van der Waals surface area contributed by atoms with Gasteiger partial charge in [-0.15, -0.1) is 0 Å². The van der Waals surface area contributed by atoms with Crippen molar-refractivity contribution in [1.82, 2.24) is 0 Å². The zero-order valence-electron chi connectivity index (χ0n) is 23.4. The number of hydrogen-bond acceptors (Lipinski definition) is 1. The highest BCUT2D eigenvalue weighted by Crippen LogP contribution is 2.65. The SMILES string of the molecule is CC1(C)c2ccc(Cl)cc2-c2ccc3c(c21)Oc1ccccc1C31c2ccccc2-c2cc(-c3ccccc3)ccc21. The van der Waals surface area contributed by atoms with Crippen molar-refractivity contribution in [3.63, 3.8) is 0 Å². The van der Waals surface area contributed by atoms with Gasteiger partial charge in [-0.3, -0.25) is 0 Å². The molecule has 0 aromatic heterocycles. The van der Waals surface area contributed by atoms with Gasteiger partial charge in [-0.2, -0.15) is 0 Å². The van der Waals surface area contributed by atoms with E-state index in [0.717, 1.165) is 16.5 Å². The van der Waals surface area contributed by atoms with Gasteiger partial charge in [-0.05, 0) is 74.3 Å². The van der Waals surface area contributed by atoms with Crippen molar-refractivity contribution in [2.24, 2.45) is 0 Å². The van der Waals surface area contributed by atoms with E-state index in [0.29, 0.717) is 0 Å². The Hall–Kier alpha value is -4.59. The maximum Gasteiger partial charge on any atom is 0.136 e. The second-order valence-electron chi connectivity index (χ2n) is 12.2. The smallest absolute Gasteiger partial charge is 0.136 e. The van der Waals surface area contributed by atoms with E-state index in [1.807, 2.05) is 6.07 Å². The molecule has 0 amide bonds. The Bertz CT molecular complexity index is 2110. The third-order valence-corrected chi connectivity index (χ3v) is 10.0. The first-order valence-corrected chi connectivity index (χ1v) is 14.9. The third kappa shape index (κ3) is 2.89. The van der Waals surface area contributed by atoms with Crippen LogP contribution in [0.25, 0.3) is 33.4 Å². The molecule has 0 fully saturated rings. The van der Waals surface area contributed by atoms with Crippen LogP contribution in [0, 0.1) is 0 Å². The summed E-state index contributed by atoms with van der Waals surface area (Å²) in [5.41, 5.74) is 14.2. The molecular formula is C40H27ClO. The molecule has 0 saturated carbocycles. The summed E-state index contributed by atoms with van der Waals surface area (Å²) in [4.78, 5) is 0. The van der Waals surface area contributed by atoms with E-state index in [1.165, 1.54) is 66.8 Å². The molecule has 6 aromatic carbocycles. The molecule has 2 heteroatoms. The number of rotatable bonds is 1. The van der Waals surface area contributed by atoms with E-state index in [2.05, 4.69) is 135 Å². The van der Waals surface area contributed by atoms with Crippen LogP contribution in [0.5, 0.6) is 11.5 Å². The van der Waals surface area contributed by atoms with Crippen molar-refractivity contribution < 1.29 is 4.74 Å². The first-order valence-electron chi connectivity index (χ1n) is 14.5. The number of benzene rings is 6. The zero-order chi connectivity index (χ0) is 28.2. The second-order valence-corrected chi connectivity index (χ2v) is 12.6. The van der Waals surface area contributed by atoms with Gasteiger partial charge in [-0.25, -0.2) is 0 Å². The molecule has 1 nitrogen and oxygen atoms in total. The van der Waals surface area contributed by atoms with Crippen LogP contribution >= 0.6 is 11.6 Å². The first-order chi connectivity index (χ1) is 20.5. The van der Waals surface area contributed by atoms with Gasteiger partial charge in [0, 0.05) is 27.1 Å². The Labute approximate surface area is 251 Å². The summed E-state index contributed by atoms with van der Waals surface area (Å²) in [6.07, 6.45) is 0. The molecule has 9 rings (SSSR count). The quantitative estimate of drug-likeness (QED) is 0.195. The molecule has 1 heterocycles. The largest absolute Gasteiger partial charge is 0.456 e. The van der Waals surface area contributed by atoms with E-state index < -0.39 is 5.41 Å². The number of ether oxygens (including phenoxy) is 1. The van der Waals surface area contributed by atoms with Crippen molar-refractivity contribution in [2.45, 2.75) is 24.7 Å². The van der Waals surface area contributed by atoms with Crippen molar-refractivity contribution >= 4 is 11.6 Å². The van der Waals surface area contributed by atoms with Crippen molar-refractivity contribution in [3.05, 3.63) is 166 Å². The minimum absolute atomic E-state index is 0.244. The maximum absolute atomic E-state index is 6.99. The number of fused-ring (bicyclic) bond motifs is 13. The molecule has 42 heavy (non-hydrogen) atoms. The average molecular weight is 559 g/mol. The lowest BCUT2D eigenvalue weighted by atomic mass is 9.64. The van der Waals surface area contributed by atoms with E-state index >= 15 is 0 Å². The maximum atomic E-state index is 6.99. The topological polar surface area (TPSA) is 9.23 Å². The highest BCUT2D eigenvalue weighted by atomic mass is 35.5. The van der Waals surface area contributed by atoms with E-state index in [9.17, 15) is 0 Å². The van der Waals surface area contributed by atoms with Crippen LogP contribution in [0.15, 0.2) is 127 Å². The van der Waals surface area contributed by atoms with E-state index in [-0.39, 0.29) is 5.41 Å². The van der Waals surface area contributed by atoms with Crippen LogP contribution in [-0.4, -0.2) is 0 Å². The molecule has 0 N–H and O–H groups in total. The summed E-state index contributed by atoms with van der Waals surface area (Å²) >= 11 is 6.53. The molecule has 1 aliphatic heterocycles. The molecule has 6 aromatic rings.